The normalized spacial score (nSPS) is 27.2. The van der Waals surface area contributed by atoms with Crippen LogP contribution in [0.4, 0.5) is 0 Å². The van der Waals surface area contributed by atoms with Crippen LogP contribution in [-0.2, 0) is 14.3 Å². The van der Waals surface area contributed by atoms with Crippen LogP contribution in [0.15, 0.2) is 0 Å². The van der Waals surface area contributed by atoms with Gasteiger partial charge in [0.2, 0.25) is 5.91 Å². The minimum absolute atomic E-state index is 0.0939. The van der Waals surface area contributed by atoms with Gasteiger partial charge in [0.05, 0.1) is 12.5 Å². The van der Waals surface area contributed by atoms with E-state index in [9.17, 15) is 9.59 Å². The van der Waals surface area contributed by atoms with Crippen LogP contribution in [-0.4, -0.2) is 48.2 Å². The van der Waals surface area contributed by atoms with Gasteiger partial charge in [-0.3, -0.25) is 9.59 Å². The third-order valence-corrected chi connectivity index (χ3v) is 3.94. The molecule has 2 fully saturated rings. The van der Waals surface area contributed by atoms with Crippen molar-refractivity contribution in [3.8, 4) is 0 Å². The van der Waals surface area contributed by atoms with Crippen molar-refractivity contribution in [2.45, 2.75) is 38.1 Å². The highest BCUT2D eigenvalue weighted by Gasteiger charge is 2.40. The molecule has 0 aromatic heterocycles. The number of hydrogen-bond acceptors (Lipinski definition) is 3. The molecule has 18 heavy (non-hydrogen) atoms. The molecule has 0 spiro atoms. The Kier molecular flexibility index (Phi) is 4.22. The van der Waals surface area contributed by atoms with E-state index in [0.29, 0.717) is 38.5 Å². The summed E-state index contributed by atoms with van der Waals surface area (Å²) in [7, 11) is 1.63. The van der Waals surface area contributed by atoms with E-state index in [0.717, 1.165) is 12.8 Å². The lowest BCUT2D eigenvalue weighted by Crippen LogP contribution is -2.39. The second-order valence-corrected chi connectivity index (χ2v) is 5.30. The highest BCUT2D eigenvalue weighted by molar-refractivity contribution is 5.81. The first-order valence-corrected chi connectivity index (χ1v) is 6.65. The zero-order valence-corrected chi connectivity index (χ0v) is 10.8. The molecule has 2 unspecified atom stereocenters. The van der Waals surface area contributed by atoms with Gasteiger partial charge in [0.1, 0.15) is 0 Å². The lowest BCUT2D eigenvalue weighted by Gasteiger charge is -2.25. The lowest BCUT2D eigenvalue weighted by molar-refractivity contribution is -0.141. The van der Waals surface area contributed by atoms with Crippen molar-refractivity contribution in [3.05, 3.63) is 0 Å². The topological polar surface area (TPSA) is 66.8 Å². The molecule has 2 aliphatic carbocycles. The van der Waals surface area contributed by atoms with Gasteiger partial charge < -0.3 is 14.7 Å². The van der Waals surface area contributed by atoms with Gasteiger partial charge in [-0.2, -0.15) is 0 Å². The first kappa shape index (κ1) is 13.3. The van der Waals surface area contributed by atoms with Crippen LogP contribution in [0.3, 0.4) is 0 Å². The number of aliphatic carboxylic acids is 1. The average Bonchev–Trinajstić information content (AvgIpc) is 3.05. The van der Waals surface area contributed by atoms with Gasteiger partial charge in [0.15, 0.2) is 0 Å². The predicted octanol–water partition coefficient (Wildman–Crippen LogP) is 1.12. The zero-order chi connectivity index (χ0) is 13.1. The van der Waals surface area contributed by atoms with E-state index >= 15 is 0 Å². The van der Waals surface area contributed by atoms with Crippen LogP contribution in [0.1, 0.15) is 32.1 Å². The Labute approximate surface area is 107 Å². The fourth-order valence-electron chi connectivity index (χ4n) is 2.71. The summed E-state index contributed by atoms with van der Waals surface area (Å²) in [6.45, 7) is 1.19. The van der Waals surface area contributed by atoms with Gasteiger partial charge in [-0.15, -0.1) is 0 Å². The second kappa shape index (κ2) is 5.69. The molecule has 2 saturated carbocycles. The molecule has 2 aliphatic rings. The molecule has 5 heteroatoms. The quantitative estimate of drug-likeness (QED) is 0.772. The minimum Gasteiger partial charge on any atom is -0.481 e. The summed E-state index contributed by atoms with van der Waals surface area (Å²) in [4.78, 5) is 25.2. The SMILES string of the molecule is COCCN(C(=O)C1CCC(C(=O)O)C1)C1CC1. The molecule has 1 N–H and O–H groups in total. The third kappa shape index (κ3) is 3.02. The summed E-state index contributed by atoms with van der Waals surface area (Å²) >= 11 is 0. The van der Waals surface area contributed by atoms with E-state index in [4.69, 9.17) is 9.84 Å². The number of amides is 1. The summed E-state index contributed by atoms with van der Waals surface area (Å²) in [6.07, 6.45) is 4.00. The molecule has 0 heterocycles. The Morgan fingerprint density at radius 2 is 1.89 bits per heavy atom. The molecule has 5 nitrogen and oxygen atoms in total. The molecule has 1 amide bonds. The van der Waals surface area contributed by atoms with Crippen molar-refractivity contribution < 1.29 is 19.4 Å². The van der Waals surface area contributed by atoms with Crippen LogP contribution in [0, 0.1) is 11.8 Å². The van der Waals surface area contributed by atoms with E-state index in [1.54, 1.807) is 7.11 Å². The summed E-state index contributed by atoms with van der Waals surface area (Å²) in [5.74, 6) is -1.05. The molecule has 0 radical (unpaired) electrons. The maximum Gasteiger partial charge on any atom is 0.306 e. The summed E-state index contributed by atoms with van der Waals surface area (Å²) in [5.41, 5.74) is 0. The molecule has 0 saturated heterocycles. The maximum absolute atomic E-state index is 12.4. The Hall–Kier alpha value is -1.10. The van der Waals surface area contributed by atoms with Gasteiger partial charge in [-0.25, -0.2) is 0 Å². The number of methoxy groups -OCH3 is 1. The maximum atomic E-state index is 12.4. The van der Waals surface area contributed by atoms with E-state index in [-0.39, 0.29) is 17.7 Å². The number of carboxylic acid groups (broad SMARTS) is 1. The summed E-state index contributed by atoms with van der Waals surface area (Å²) < 4.78 is 5.03. The summed E-state index contributed by atoms with van der Waals surface area (Å²) in [5, 5.41) is 8.97. The fraction of sp³-hybridized carbons (Fsp3) is 0.846. The van der Waals surface area contributed by atoms with Crippen LogP contribution in [0.2, 0.25) is 0 Å². The predicted molar refractivity (Wildman–Crippen MR) is 65.1 cm³/mol. The molecule has 0 aliphatic heterocycles. The largest absolute Gasteiger partial charge is 0.481 e. The molecule has 0 aromatic carbocycles. The van der Waals surface area contributed by atoms with Crippen LogP contribution >= 0.6 is 0 Å². The lowest BCUT2D eigenvalue weighted by atomic mass is 10.0. The van der Waals surface area contributed by atoms with E-state index in [1.807, 2.05) is 4.90 Å². The number of rotatable bonds is 6. The molecule has 2 rings (SSSR count). The minimum atomic E-state index is -0.764. The van der Waals surface area contributed by atoms with Crippen molar-refractivity contribution in [2.75, 3.05) is 20.3 Å². The molecule has 0 bridgehead atoms. The highest BCUT2D eigenvalue weighted by Crippen LogP contribution is 2.35. The Morgan fingerprint density at radius 1 is 1.22 bits per heavy atom. The van der Waals surface area contributed by atoms with Crippen LogP contribution in [0.25, 0.3) is 0 Å². The Balaban J connectivity index is 1.90. The van der Waals surface area contributed by atoms with Gasteiger partial charge in [0.25, 0.3) is 0 Å². The zero-order valence-electron chi connectivity index (χ0n) is 10.8. The van der Waals surface area contributed by atoms with Crippen molar-refractivity contribution in [2.24, 2.45) is 11.8 Å². The molecule has 0 aromatic rings. The molecule has 102 valence electrons. The molecular weight excluding hydrogens is 234 g/mol. The molecular formula is C13H21NO4. The number of carboxylic acids is 1. The number of carbonyl (C=O) groups excluding carboxylic acids is 1. The Bertz CT molecular complexity index is 327. The van der Waals surface area contributed by atoms with E-state index in [1.165, 1.54) is 0 Å². The smallest absolute Gasteiger partial charge is 0.306 e. The average molecular weight is 255 g/mol. The van der Waals surface area contributed by atoms with Gasteiger partial charge >= 0.3 is 5.97 Å². The second-order valence-electron chi connectivity index (χ2n) is 5.30. The third-order valence-electron chi connectivity index (χ3n) is 3.94. The fourth-order valence-corrected chi connectivity index (χ4v) is 2.71. The van der Waals surface area contributed by atoms with Crippen molar-refractivity contribution in [3.63, 3.8) is 0 Å². The van der Waals surface area contributed by atoms with Gasteiger partial charge in [-0.1, -0.05) is 0 Å². The van der Waals surface area contributed by atoms with E-state index < -0.39 is 5.97 Å². The number of nitrogens with zero attached hydrogens (tertiary/aromatic N) is 1. The van der Waals surface area contributed by atoms with Crippen molar-refractivity contribution in [1.29, 1.82) is 0 Å². The Morgan fingerprint density at radius 3 is 2.39 bits per heavy atom. The van der Waals surface area contributed by atoms with E-state index in [2.05, 4.69) is 0 Å². The number of hydrogen-bond donors (Lipinski definition) is 1. The van der Waals surface area contributed by atoms with Gasteiger partial charge in [0, 0.05) is 25.6 Å². The standard InChI is InChI=1S/C13H21NO4/c1-18-7-6-14(11-4-5-11)12(15)9-2-3-10(8-9)13(16)17/h9-11H,2-8H2,1H3,(H,16,17). The molecule has 2 atom stereocenters. The monoisotopic (exact) mass is 255 g/mol. The number of ether oxygens (including phenoxy) is 1. The summed E-state index contributed by atoms with van der Waals surface area (Å²) in [6, 6.07) is 0.372. The van der Waals surface area contributed by atoms with Crippen LogP contribution < -0.4 is 0 Å². The number of carbonyl (C=O) groups is 2. The van der Waals surface area contributed by atoms with Gasteiger partial charge in [-0.05, 0) is 32.1 Å². The van der Waals surface area contributed by atoms with Crippen molar-refractivity contribution >= 4 is 11.9 Å². The van der Waals surface area contributed by atoms with Crippen molar-refractivity contribution in [1.82, 2.24) is 4.90 Å². The first-order chi connectivity index (χ1) is 8.63. The van der Waals surface area contributed by atoms with Crippen LogP contribution in [0.5, 0.6) is 0 Å². The first-order valence-electron chi connectivity index (χ1n) is 6.65. The highest BCUT2D eigenvalue weighted by atomic mass is 16.5.